The highest BCUT2D eigenvalue weighted by atomic mass is 16.4. The normalized spacial score (nSPS) is 11.6. The third-order valence-electron chi connectivity index (χ3n) is 6.46. The van der Waals surface area contributed by atoms with Crippen LogP contribution < -0.4 is 16.8 Å². The lowest BCUT2D eigenvalue weighted by Crippen LogP contribution is -2.19. The Morgan fingerprint density at radius 1 is 0.950 bits per heavy atom. The van der Waals surface area contributed by atoms with Gasteiger partial charge >= 0.3 is 5.97 Å². The zero-order valence-electron chi connectivity index (χ0n) is 21.8. The molecule has 5 aromatic rings. The Bertz CT molecular complexity index is 1830. The van der Waals surface area contributed by atoms with Crippen LogP contribution in [-0.2, 0) is 19.6 Å². The van der Waals surface area contributed by atoms with Gasteiger partial charge in [-0.2, -0.15) is 5.10 Å². The number of benzene rings is 2. The number of carboxylic acid groups (broad SMARTS) is 1. The number of imidazole rings is 2. The van der Waals surface area contributed by atoms with E-state index in [9.17, 15) is 19.5 Å². The van der Waals surface area contributed by atoms with Crippen LogP contribution in [0.4, 0.5) is 11.9 Å². The standard InChI is InChI=1S/C27H27N9O4/c1-3-36-22(12-15(2)33-36)24(38)32-27-31-19-14-17(25(39)40)7-9-21(19)35(27)11-5-4-10-34-20-8-6-16(23(28)37)13-18(20)30-26(34)29/h4-9,12-14H,3,10-11H2,1-2H3,(H2,28,37)(H2,29,30)(H,39,40)(H,31,32,38). The van der Waals surface area contributed by atoms with Gasteiger partial charge in [0, 0.05) is 25.2 Å². The van der Waals surface area contributed by atoms with Crippen LogP contribution in [-0.4, -0.2) is 51.8 Å². The number of hydrogen-bond donors (Lipinski definition) is 4. The van der Waals surface area contributed by atoms with E-state index in [1.54, 1.807) is 44.1 Å². The molecule has 40 heavy (non-hydrogen) atoms. The maximum absolute atomic E-state index is 13.1. The number of carbonyl (C=O) groups is 3. The predicted molar refractivity (Wildman–Crippen MR) is 149 cm³/mol. The van der Waals surface area contributed by atoms with Crippen molar-refractivity contribution in [3.63, 3.8) is 0 Å². The summed E-state index contributed by atoms with van der Waals surface area (Å²) in [7, 11) is 0. The SMILES string of the molecule is CCn1nc(C)cc1C(=O)Nc1nc2cc(C(=O)O)ccc2n1CC=CCn1c(N)nc2cc(C(N)=O)ccc21. The number of anilines is 2. The molecule has 6 N–H and O–H groups in total. The summed E-state index contributed by atoms with van der Waals surface area (Å²) in [5, 5.41) is 16.6. The van der Waals surface area contributed by atoms with E-state index in [-0.39, 0.29) is 23.4 Å². The van der Waals surface area contributed by atoms with Crippen molar-refractivity contribution in [1.29, 1.82) is 0 Å². The number of aromatic nitrogens is 6. The molecule has 3 heterocycles. The minimum Gasteiger partial charge on any atom is -0.478 e. The molecule has 2 amide bonds. The van der Waals surface area contributed by atoms with Gasteiger partial charge in [-0.3, -0.25) is 19.6 Å². The summed E-state index contributed by atoms with van der Waals surface area (Å²) < 4.78 is 5.18. The highest BCUT2D eigenvalue weighted by molar-refractivity contribution is 6.03. The van der Waals surface area contributed by atoms with Crippen molar-refractivity contribution in [2.24, 2.45) is 5.73 Å². The van der Waals surface area contributed by atoms with Gasteiger partial charge in [-0.25, -0.2) is 14.8 Å². The lowest BCUT2D eigenvalue weighted by atomic mass is 10.2. The molecule has 0 spiro atoms. The number of primary amides is 1. The molecule has 204 valence electrons. The average molecular weight is 542 g/mol. The summed E-state index contributed by atoms with van der Waals surface area (Å²) in [6.45, 7) is 4.94. The fourth-order valence-corrected chi connectivity index (χ4v) is 4.53. The van der Waals surface area contributed by atoms with Crippen molar-refractivity contribution < 1.29 is 19.5 Å². The largest absolute Gasteiger partial charge is 0.478 e. The highest BCUT2D eigenvalue weighted by Gasteiger charge is 2.19. The Balaban J connectivity index is 1.43. The molecular formula is C27H27N9O4. The molecule has 0 saturated heterocycles. The molecule has 0 saturated carbocycles. The first kappa shape index (κ1) is 26.2. The Morgan fingerprint density at radius 3 is 2.25 bits per heavy atom. The Morgan fingerprint density at radius 2 is 1.57 bits per heavy atom. The fraction of sp³-hybridized carbons (Fsp3) is 0.185. The molecule has 5 rings (SSSR count). The van der Waals surface area contributed by atoms with Gasteiger partial charge in [0.2, 0.25) is 17.8 Å². The smallest absolute Gasteiger partial charge is 0.335 e. The summed E-state index contributed by atoms with van der Waals surface area (Å²) in [4.78, 5) is 45.0. The molecule has 3 aromatic heterocycles. The number of nitrogens with two attached hydrogens (primary N) is 2. The van der Waals surface area contributed by atoms with Crippen LogP contribution in [0.25, 0.3) is 22.1 Å². The number of nitrogens with zero attached hydrogens (tertiary/aromatic N) is 6. The summed E-state index contributed by atoms with van der Waals surface area (Å²) >= 11 is 0. The number of nitrogens with one attached hydrogen (secondary N) is 1. The molecule has 0 fully saturated rings. The Hall–Kier alpha value is -5.46. The third kappa shape index (κ3) is 4.87. The van der Waals surface area contributed by atoms with E-state index in [0.29, 0.717) is 53.1 Å². The zero-order chi connectivity index (χ0) is 28.6. The number of nitrogen functional groups attached to an aromatic ring is 1. The van der Waals surface area contributed by atoms with Gasteiger partial charge < -0.3 is 25.7 Å². The molecular weight excluding hydrogens is 514 g/mol. The maximum Gasteiger partial charge on any atom is 0.335 e. The van der Waals surface area contributed by atoms with Gasteiger partial charge in [0.25, 0.3) is 5.91 Å². The van der Waals surface area contributed by atoms with E-state index < -0.39 is 11.9 Å². The first-order valence-corrected chi connectivity index (χ1v) is 12.5. The first-order chi connectivity index (χ1) is 19.2. The molecule has 13 heteroatoms. The van der Waals surface area contributed by atoms with Gasteiger partial charge in [0.05, 0.1) is 33.3 Å². The average Bonchev–Trinajstić information content (AvgIpc) is 3.57. The Kier molecular flexibility index (Phi) is 6.78. The summed E-state index contributed by atoms with van der Waals surface area (Å²) in [6, 6.07) is 11.3. The minimum atomic E-state index is -1.07. The van der Waals surface area contributed by atoms with Gasteiger partial charge in [0.1, 0.15) is 5.69 Å². The lowest BCUT2D eigenvalue weighted by Gasteiger charge is -2.09. The van der Waals surface area contributed by atoms with Gasteiger partial charge in [-0.05, 0) is 56.3 Å². The molecule has 0 radical (unpaired) electrons. The van der Waals surface area contributed by atoms with Crippen molar-refractivity contribution in [3.8, 4) is 0 Å². The number of carboxylic acids is 1. The number of fused-ring (bicyclic) bond motifs is 2. The molecule has 0 atom stereocenters. The second-order valence-electron chi connectivity index (χ2n) is 9.12. The van der Waals surface area contributed by atoms with Crippen LogP contribution >= 0.6 is 0 Å². The van der Waals surface area contributed by atoms with Gasteiger partial charge in [-0.1, -0.05) is 12.2 Å². The van der Waals surface area contributed by atoms with Gasteiger partial charge in [-0.15, -0.1) is 0 Å². The van der Waals surface area contributed by atoms with E-state index in [4.69, 9.17) is 11.5 Å². The first-order valence-electron chi connectivity index (χ1n) is 12.5. The van der Waals surface area contributed by atoms with Crippen LogP contribution in [0.15, 0.2) is 54.6 Å². The van der Waals surface area contributed by atoms with E-state index in [1.807, 2.05) is 26.0 Å². The monoisotopic (exact) mass is 541 g/mol. The van der Waals surface area contributed by atoms with Crippen molar-refractivity contribution in [3.05, 3.63) is 77.1 Å². The van der Waals surface area contributed by atoms with E-state index in [2.05, 4.69) is 20.4 Å². The molecule has 2 aromatic carbocycles. The number of carbonyl (C=O) groups excluding carboxylic acids is 2. The van der Waals surface area contributed by atoms with Crippen molar-refractivity contribution in [2.45, 2.75) is 33.5 Å². The highest BCUT2D eigenvalue weighted by Crippen LogP contribution is 2.23. The van der Waals surface area contributed by atoms with Crippen LogP contribution in [0, 0.1) is 6.92 Å². The number of hydrogen-bond acceptors (Lipinski definition) is 7. The topological polar surface area (TPSA) is 189 Å². The minimum absolute atomic E-state index is 0.0900. The van der Waals surface area contributed by atoms with Gasteiger partial charge in [0.15, 0.2) is 0 Å². The van der Waals surface area contributed by atoms with Crippen LogP contribution in [0.2, 0.25) is 0 Å². The number of aryl methyl sites for hydroxylation is 2. The third-order valence-corrected chi connectivity index (χ3v) is 6.46. The summed E-state index contributed by atoms with van der Waals surface area (Å²) in [5.74, 6) is -1.45. The van der Waals surface area contributed by atoms with Crippen molar-refractivity contribution >= 4 is 51.7 Å². The lowest BCUT2D eigenvalue weighted by molar-refractivity contribution is 0.0696. The second-order valence-corrected chi connectivity index (χ2v) is 9.12. The quantitative estimate of drug-likeness (QED) is 0.205. The summed E-state index contributed by atoms with van der Waals surface area (Å²) in [6.07, 6.45) is 3.77. The van der Waals surface area contributed by atoms with Crippen LogP contribution in [0.3, 0.4) is 0 Å². The number of allylic oxidation sites excluding steroid dienone is 2. The number of amides is 2. The molecule has 0 aliphatic heterocycles. The van der Waals surface area contributed by atoms with E-state index in [1.165, 1.54) is 12.1 Å². The zero-order valence-corrected chi connectivity index (χ0v) is 21.8. The fourth-order valence-electron chi connectivity index (χ4n) is 4.53. The maximum atomic E-state index is 13.1. The van der Waals surface area contributed by atoms with E-state index in [0.717, 1.165) is 5.52 Å². The van der Waals surface area contributed by atoms with Crippen molar-refractivity contribution in [1.82, 2.24) is 28.9 Å². The molecule has 0 bridgehead atoms. The number of rotatable bonds is 9. The molecule has 0 aliphatic rings. The molecule has 13 nitrogen and oxygen atoms in total. The Labute approximate surface area is 227 Å². The number of aromatic carboxylic acids is 1. The molecule has 0 unspecified atom stereocenters. The van der Waals surface area contributed by atoms with Crippen molar-refractivity contribution in [2.75, 3.05) is 11.1 Å². The van der Waals surface area contributed by atoms with Crippen LogP contribution in [0.5, 0.6) is 0 Å². The summed E-state index contributed by atoms with van der Waals surface area (Å²) in [5.41, 5.74) is 15.4. The molecule has 0 aliphatic carbocycles. The van der Waals surface area contributed by atoms with Crippen LogP contribution in [0.1, 0.15) is 43.8 Å². The second kappa shape index (κ2) is 10.4. The predicted octanol–water partition coefficient (Wildman–Crippen LogP) is 2.80. The van der Waals surface area contributed by atoms with E-state index >= 15 is 0 Å².